The van der Waals surface area contributed by atoms with Crippen molar-refractivity contribution in [3.8, 4) is 5.75 Å². The number of fused-ring (bicyclic) bond motifs is 3. The van der Waals surface area contributed by atoms with Crippen LogP contribution in [-0.2, 0) is 19.4 Å². The quantitative estimate of drug-likeness (QED) is 0.621. The van der Waals surface area contributed by atoms with Crippen LogP contribution >= 0.6 is 0 Å². The highest BCUT2D eigenvalue weighted by Gasteiger charge is 2.28. The molecule has 0 bridgehead atoms. The molecule has 3 heterocycles. The third kappa shape index (κ3) is 2.37. The standard InChI is InChI=1S/C22H21N3O/c1-15-10-11-19(18-8-3-2-7-17(15)18)25-21-16(6-4-12-23-21)14-26-20-9-5-13-24-22(20)25/h4-6,9-13H,2-3,7-8,14H2,1H3. The van der Waals surface area contributed by atoms with E-state index in [0.29, 0.717) is 6.61 Å². The van der Waals surface area contributed by atoms with E-state index in [4.69, 9.17) is 9.72 Å². The summed E-state index contributed by atoms with van der Waals surface area (Å²) in [5, 5.41) is 0. The zero-order valence-corrected chi connectivity index (χ0v) is 14.9. The van der Waals surface area contributed by atoms with Crippen LogP contribution in [0.2, 0.25) is 0 Å². The Labute approximate surface area is 153 Å². The molecule has 3 aromatic rings. The predicted octanol–water partition coefficient (Wildman–Crippen LogP) is 5.03. The number of pyridine rings is 2. The van der Waals surface area contributed by atoms with Gasteiger partial charge in [-0.15, -0.1) is 0 Å². The van der Waals surface area contributed by atoms with Crippen molar-refractivity contribution in [3.63, 3.8) is 0 Å². The molecule has 4 nitrogen and oxygen atoms in total. The van der Waals surface area contributed by atoms with Crippen molar-refractivity contribution in [3.05, 3.63) is 71.0 Å². The summed E-state index contributed by atoms with van der Waals surface area (Å²) in [6.45, 7) is 2.73. The first kappa shape index (κ1) is 15.4. The van der Waals surface area contributed by atoms with Gasteiger partial charge in [0.25, 0.3) is 0 Å². The summed E-state index contributed by atoms with van der Waals surface area (Å²) >= 11 is 0. The summed E-state index contributed by atoms with van der Waals surface area (Å²) in [6.07, 6.45) is 8.43. The van der Waals surface area contributed by atoms with E-state index < -0.39 is 0 Å². The monoisotopic (exact) mass is 343 g/mol. The summed E-state index contributed by atoms with van der Waals surface area (Å²) in [5.74, 6) is 2.54. The van der Waals surface area contributed by atoms with Crippen molar-refractivity contribution in [2.75, 3.05) is 4.90 Å². The number of anilines is 3. The van der Waals surface area contributed by atoms with Crippen LogP contribution in [0.25, 0.3) is 0 Å². The molecule has 4 heteroatoms. The minimum Gasteiger partial charge on any atom is -0.485 e. The van der Waals surface area contributed by atoms with Crippen LogP contribution < -0.4 is 9.64 Å². The molecule has 0 saturated carbocycles. The zero-order valence-electron chi connectivity index (χ0n) is 14.9. The number of benzene rings is 1. The molecule has 2 aliphatic rings. The maximum absolute atomic E-state index is 6.05. The summed E-state index contributed by atoms with van der Waals surface area (Å²) < 4.78 is 6.05. The minimum atomic E-state index is 0.506. The van der Waals surface area contributed by atoms with Crippen molar-refractivity contribution >= 4 is 17.3 Å². The second-order valence-electron chi connectivity index (χ2n) is 7.00. The number of hydrogen-bond acceptors (Lipinski definition) is 4. The maximum Gasteiger partial charge on any atom is 0.181 e. The molecule has 0 unspecified atom stereocenters. The molecule has 26 heavy (non-hydrogen) atoms. The lowest BCUT2D eigenvalue weighted by atomic mass is 9.87. The van der Waals surface area contributed by atoms with Crippen LogP contribution in [0, 0.1) is 6.92 Å². The van der Waals surface area contributed by atoms with Crippen LogP contribution in [0.4, 0.5) is 17.3 Å². The molecule has 0 spiro atoms. The topological polar surface area (TPSA) is 38.2 Å². The Morgan fingerprint density at radius 2 is 1.65 bits per heavy atom. The molecular formula is C22H21N3O. The molecule has 0 amide bonds. The van der Waals surface area contributed by atoms with Crippen LogP contribution in [0.3, 0.4) is 0 Å². The maximum atomic E-state index is 6.05. The molecule has 2 aromatic heterocycles. The van der Waals surface area contributed by atoms with E-state index in [1.165, 1.54) is 35.2 Å². The second-order valence-corrected chi connectivity index (χ2v) is 7.00. The molecule has 130 valence electrons. The number of rotatable bonds is 1. The Balaban J connectivity index is 1.79. The Morgan fingerprint density at radius 3 is 2.54 bits per heavy atom. The van der Waals surface area contributed by atoms with Gasteiger partial charge in [-0.05, 0) is 73.6 Å². The number of hydrogen-bond donors (Lipinski definition) is 0. The third-order valence-corrected chi connectivity index (χ3v) is 5.41. The molecular weight excluding hydrogens is 322 g/mol. The fourth-order valence-corrected chi connectivity index (χ4v) is 4.13. The van der Waals surface area contributed by atoms with Gasteiger partial charge in [-0.1, -0.05) is 12.1 Å². The van der Waals surface area contributed by atoms with Crippen LogP contribution in [-0.4, -0.2) is 9.97 Å². The van der Waals surface area contributed by atoms with Gasteiger partial charge < -0.3 is 4.74 Å². The SMILES string of the molecule is Cc1ccc(N2c3ncccc3COc3cccnc32)c2c1CCCC2. The Morgan fingerprint density at radius 1 is 0.885 bits per heavy atom. The summed E-state index contributed by atoms with van der Waals surface area (Å²) in [4.78, 5) is 11.6. The molecule has 0 saturated heterocycles. The van der Waals surface area contributed by atoms with Crippen LogP contribution in [0.1, 0.15) is 35.1 Å². The lowest BCUT2D eigenvalue weighted by Gasteiger charge is -2.29. The normalized spacial score (nSPS) is 15.3. The molecule has 0 atom stereocenters. The highest BCUT2D eigenvalue weighted by atomic mass is 16.5. The van der Waals surface area contributed by atoms with Gasteiger partial charge in [0.2, 0.25) is 0 Å². The second kappa shape index (κ2) is 6.13. The van der Waals surface area contributed by atoms with Gasteiger partial charge in [-0.3, -0.25) is 4.90 Å². The summed E-state index contributed by atoms with van der Waals surface area (Å²) in [5.41, 5.74) is 6.59. The first-order valence-corrected chi connectivity index (χ1v) is 9.26. The van der Waals surface area contributed by atoms with Crippen LogP contribution in [0.5, 0.6) is 5.75 Å². The van der Waals surface area contributed by atoms with E-state index >= 15 is 0 Å². The van der Waals surface area contributed by atoms with Crippen molar-refractivity contribution < 1.29 is 4.74 Å². The number of ether oxygens (including phenoxy) is 1. The molecule has 0 N–H and O–H groups in total. The molecule has 1 aromatic carbocycles. The lowest BCUT2D eigenvalue weighted by molar-refractivity contribution is 0.309. The van der Waals surface area contributed by atoms with Crippen molar-refractivity contribution in [2.24, 2.45) is 0 Å². The zero-order chi connectivity index (χ0) is 17.5. The van der Waals surface area contributed by atoms with Crippen molar-refractivity contribution in [2.45, 2.75) is 39.2 Å². The Hall–Kier alpha value is -2.88. The molecule has 1 aliphatic carbocycles. The highest BCUT2D eigenvalue weighted by molar-refractivity contribution is 5.80. The largest absolute Gasteiger partial charge is 0.485 e. The van der Waals surface area contributed by atoms with Crippen LogP contribution in [0.15, 0.2) is 48.8 Å². The van der Waals surface area contributed by atoms with E-state index in [2.05, 4.69) is 35.0 Å². The minimum absolute atomic E-state index is 0.506. The highest BCUT2D eigenvalue weighted by Crippen LogP contribution is 2.45. The van der Waals surface area contributed by atoms with Gasteiger partial charge in [-0.2, -0.15) is 0 Å². The van der Waals surface area contributed by atoms with Gasteiger partial charge >= 0.3 is 0 Å². The summed E-state index contributed by atoms with van der Waals surface area (Å²) in [7, 11) is 0. The molecule has 0 radical (unpaired) electrons. The van der Waals surface area contributed by atoms with E-state index in [1.54, 1.807) is 0 Å². The first-order chi connectivity index (χ1) is 12.8. The molecule has 1 aliphatic heterocycles. The Bertz CT molecular complexity index is 935. The fourth-order valence-electron chi connectivity index (χ4n) is 4.13. The smallest absolute Gasteiger partial charge is 0.181 e. The predicted molar refractivity (Wildman–Crippen MR) is 102 cm³/mol. The van der Waals surface area contributed by atoms with Gasteiger partial charge in [0.05, 0.1) is 5.69 Å². The fraction of sp³-hybridized carbons (Fsp3) is 0.273. The number of aromatic nitrogens is 2. The average molecular weight is 343 g/mol. The molecule has 5 rings (SSSR count). The van der Waals surface area contributed by atoms with Gasteiger partial charge in [-0.25, -0.2) is 9.97 Å². The van der Waals surface area contributed by atoms with E-state index in [1.807, 2.05) is 30.6 Å². The van der Waals surface area contributed by atoms with E-state index in [0.717, 1.165) is 35.8 Å². The van der Waals surface area contributed by atoms with E-state index in [-0.39, 0.29) is 0 Å². The third-order valence-electron chi connectivity index (χ3n) is 5.41. The van der Waals surface area contributed by atoms with Crippen molar-refractivity contribution in [1.29, 1.82) is 0 Å². The average Bonchev–Trinajstić information content (AvgIpc) is 2.86. The van der Waals surface area contributed by atoms with Gasteiger partial charge in [0.1, 0.15) is 12.4 Å². The van der Waals surface area contributed by atoms with Gasteiger partial charge in [0, 0.05) is 18.0 Å². The lowest BCUT2D eigenvalue weighted by Crippen LogP contribution is -2.18. The van der Waals surface area contributed by atoms with E-state index in [9.17, 15) is 0 Å². The molecule has 0 fully saturated rings. The Kier molecular flexibility index (Phi) is 3.63. The first-order valence-electron chi connectivity index (χ1n) is 9.26. The summed E-state index contributed by atoms with van der Waals surface area (Å²) in [6, 6.07) is 12.4. The van der Waals surface area contributed by atoms with Crippen molar-refractivity contribution in [1.82, 2.24) is 9.97 Å². The number of nitrogens with zero attached hydrogens (tertiary/aromatic N) is 3. The number of aryl methyl sites for hydroxylation is 1. The van der Waals surface area contributed by atoms with Gasteiger partial charge in [0.15, 0.2) is 11.6 Å².